The highest BCUT2D eigenvalue weighted by Crippen LogP contribution is 2.07. The molecule has 2 rings (SSSR count). The van der Waals surface area contributed by atoms with Gasteiger partial charge in [0.1, 0.15) is 6.10 Å². The molecule has 0 saturated heterocycles. The maximum atomic E-state index is 5.99. The van der Waals surface area contributed by atoms with Crippen LogP contribution in [0.4, 0.5) is 0 Å². The summed E-state index contributed by atoms with van der Waals surface area (Å²) in [5.74, 6) is 0.934. The number of thiol groups is 1. The molecule has 0 radical (unpaired) electrons. The molecule has 0 aliphatic carbocycles. The third-order valence-corrected chi connectivity index (χ3v) is 4.30. The van der Waals surface area contributed by atoms with E-state index < -0.39 is 0 Å². The van der Waals surface area contributed by atoms with Gasteiger partial charge in [-0.25, -0.2) is 0 Å². The Kier molecular flexibility index (Phi) is 11.1. The van der Waals surface area contributed by atoms with Gasteiger partial charge in [-0.15, -0.1) is 0 Å². The van der Waals surface area contributed by atoms with E-state index in [2.05, 4.69) is 36.9 Å². The van der Waals surface area contributed by atoms with Gasteiger partial charge in [-0.1, -0.05) is 67.1 Å². The Morgan fingerprint density at radius 1 is 0.692 bits per heavy atom. The standard InChI is InChI=1S/C22H30O3S/c26-15-9-3-8-14-25-22(18-23-16-20-10-4-1-5-11-20)19-24-17-21-12-6-2-7-13-21/h1-2,4-7,10-13,22,26H,3,8-9,14-19H2. The van der Waals surface area contributed by atoms with Crippen molar-refractivity contribution >= 4 is 12.6 Å². The van der Waals surface area contributed by atoms with Crippen molar-refractivity contribution in [3.63, 3.8) is 0 Å². The molecular weight excluding hydrogens is 344 g/mol. The van der Waals surface area contributed by atoms with Gasteiger partial charge in [-0.05, 0) is 29.7 Å². The first-order chi connectivity index (χ1) is 12.9. The van der Waals surface area contributed by atoms with E-state index in [1.807, 2.05) is 36.4 Å². The quantitative estimate of drug-likeness (QED) is 0.376. The lowest BCUT2D eigenvalue weighted by atomic mass is 10.2. The fraction of sp³-hybridized carbons (Fsp3) is 0.455. The van der Waals surface area contributed by atoms with Crippen LogP contribution in [0.1, 0.15) is 30.4 Å². The average molecular weight is 375 g/mol. The average Bonchev–Trinajstić information content (AvgIpc) is 2.69. The van der Waals surface area contributed by atoms with Gasteiger partial charge < -0.3 is 14.2 Å². The summed E-state index contributed by atoms with van der Waals surface area (Å²) < 4.78 is 17.7. The van der Waals surface area contributed by atoms with Crippen molar-refractivity contribution in [3.8, 4) is 0 Å². The van der Waals surface area contributed by atoms with Crippen molar-refractivity contribution in [3.05, 3.63) is 71.8 Å². The predicted molar refractivity (Wildman–Crippen MR) is 110 cm³/mol. The molecular formula is C22H30O3S. The van der Waals surface area contributed by atoms with Crippen LogP contribution < -0.4 is 0 Å². The minimum absolute atomic E-state index is 0.0431. The molecule has 0 spiro atoms. The first-order valence-corrected chi connectivity index (χ1v) is 9.97. The van der Waals surface area contributed by atoms with E-state index in [1.54, 1.807) is 0 Å². The number of unbranched alkanes of at least 4 members (excludes halogenated alkanes) is 2. The summed E-state index contributed by atoms with van der Waals surface area (Å²) >= 11 is 4.24. The highest BCUT2D eigenvalue weighted by Gasteiger charge is 2.10. The minimum Gasteiger partial charge on any atom is -0.374 e. The van der Waals surface area contributed by atoms with Crippen LogP contribution in [0.25, 0.3) is 0 Å². The van der Waals surface area contributed by atoms with Crippen LogP contribution in [0.2, 0.25) is 0 Å². The number of rotatable bonds is 14. The lowest BCUT2D eigenvalue weighted by Gasteiger charge is -2.18. The minimum atomic E-state index is -0.0431. The van der Waals surface area contributed by atoms with Crippen LogP contribution in [0, 0.1) is 0 Å². The Bertz CT molecular complexity index is 517. The summed E-state index contributed by atoms with van der Waals surface area (Å²) in [5.41, 5.74) is 2.34. The molecule has 0 heterocycles. The van der Waals surface area contributed by atoms with Gasteiger partial charge in [0.2, 0.25) is 0 Å². The molecule has 0 atom stereocenters. The third kappa shape index (κ3) is 9.39. The summed E-state index contributed by atoms with van der Waals surface area (Å²) in [6, 6.07) is 20.4. The Labute approximate surface area is 163 Å². The van der Waals surface area contributed by atoms with Crippen molar-refractivity contribution in [2.24, 2.45) is 0 Å². The van der Waals surface area contributed by atoms with E-state index in [-0.39, 0.29) is 6.10 Å². The van der Waals surface area contributed by atoms with E-state index >= 15 is 0 Å². The molecule has 2 aromatic carbocycles. The topological polar surface area (TPSA) is 27.7 Å². The molecule has 3 nitrogen and oxygen atoms in total. The molecule has 0 fully saturated rings. The zero-order valence-corrected chi connectivity index (χ0v) is 16.3. The van der Waals surface area contributed by atoms with Crippen LogP contribution in [-0.2, 0) is 27.4 Å². The predicted octanol–water partition coefficient (Wildman–Crippen LogP) is 4.91. The van der Waals surface area contributed by atoms with Gasteiger partial charge in [-0.3, -0.25) is 0 Å². The Morgan fingerprint density at radius 3 is 1.73 bits per heavy atom. The number of hydrogen-bond acceptors (Lipinski definition) is 4. The zero-order valence-electron chi connectivity index (χ0n) is 15.4. The van der Waals surface area contributed by atoms with E-state index in [4.69, 9.17) is 14.2 Å². The largest absolute Gasteiger partial charge is 0.374 e. The maximum absolute atomic E-state index is 5.99. The smallest absolute Gasteiger partial charge is 0.104 e. The number of benzene rings is 2. The fourth-order valence-corrected chi connectivity index (χ4v) is 2.77. The first-order valence-electron chi connectivity index (χ1n) is 9.34. The van der Waals surface area contributed by atoms with E-state index in [9.17, 15) is 0 Å². The van der Waals surface area contributed by atoms with Crippen molar-refractivity contribution in [2.45, 2.75) is 38.6 Å². The first kappa shape index (κ1) is 21.0. The molecule has 0 amide bonds. The fourth-order valence-electron chi connectivity index (χ4n) is 2.55. The SMILES string of the molecule is SCCCCCOC(COCc1ccccc1)COCc1ccccc1. The van der Waals surface area contributed by atoms with Gasteiger partial charge in [-0.2, -0.15) is 12.6 Å². The van der Waals surface area contributed by atoms with Gasteiger partial charge in [0.25, 0.3) is 0 Å². The van der Waals surface area contributed by atoms with E-state index in [0.29, 0.717) is 26.4 Å². The van der Waals surface area contributed by atoms with Crippen molar-refractivity contribution in [1.82, 2.24) is 0 Å². The molecule has 0 N–H and O–H groups in total. The second-order valence-electron chi connectivity index (χ2n) is 6.28. The van der Waals surface area contributed by atoms with Crippen LogP contribution in [0.3, 0.4) is 0 Å². The molecule has 0 saturated carbocycles. The van der Waals surface area contributed by atoms with Crippen molar-refractivity contribution < 1.29 is 14.2 Å². The van der Waals surface area contributed by atoms with Crippen molar-refractivity contribution in [2.75, 3.05) is 25.6 Å². The Hall–Kier alpha value is -1.33. The molecule has 0 bridgehead atoms. The second-order valence-corrected chi connectivity index (χ2v) is 6.73. The highest BCUT2D eigenvalue weighted by molar-refractivity contribution is 7.80. The summed E-state index contributed by atoms with van der Waals surface area (Å²) in [6.07, 6.45) is 3.28. The molecule has 0 aromatic heterocycles. The number of hydrogen-bond donors (Lipinski definition) is 1. The lowest BCUT2D eigenvalue weighted by Crippen LogP contribution is -2.26. The molecule has 0 unspecified atom stereocenters. The molecule has 2 aromatic rings. The molecule has 0 aliphatic rings. The normalized spacial score (nSPS) is 11.2. The molecule has 4 heteroatoms. The zero-order chi connectivity index (χ0) is 18.3. The summed E-state index contributed by atoms with van der Waals surface area (Å²) in [5, 5.41) is 0. The molecule has 26 heavy (non-hydrogen) atoms. The van der Waals surface area contributed by atoms with E-state index in [0.717, 1.165) is 31.6 Å². The summed E-state index contributed by atoms with van der Waals surface area (Å²) in [6.45, 7) is 3.01. The Balaban J connectivity index is 1.70. The van der Waals surface area contributed by atoms with Gasteiger partial charge >= 0.3 is 0 Å². The summed E-state index contributed by atoms with van der Waals surface area (Å²) in [7, 11) is 0. The highest BCUT2D eigenvalue weighted by atomic mass is 32.1. The van der Waals surface area contributed by atoms with Crippen molar-refractivity contribution in [1.29, 1.82) is 0 Å². The molecule has 0 aliphatic heterocycles. The number of ether oxygens (including phenoxy) is 3. The summed E-state index contributed by atoms with van der Waals surface area (Å²) in [4.78, 5) is 0. The second kappa shape index (κ2) is 13.8. The van der Waals surface area contributed by atoms with Crippen LogP contribution in [-0.4, -0.2) is 31.7 Å². The maximum Gasteiger partial charge on any atom is 0.104 e. The van der Waals surface area contributed by atoms with Crippen LogP contribution in [0.5, 0.6) is 0 Å². The third-order valence-electron chi connectivity index (χ3n) is 3.99. The van der Waals surface area contributed by atoms with Gasteiger partial charge in [0.05, 0.1) is 26.4 Å². The van der Waals surface area contributed by atoms with Gasteiger partial charge in [0, 0.05) is 6.61 Å². The molecule has 142 valence electrons. The van der Waals surface area contributed by atoms with E-state index in [1.165, 1.54) is 11.1 Å². The lowest BCUT2D eigenvalue weighted by molar-refractivity contribution is -0.0672. The van der Waals surface area contributed by atoms with Crippen LogP contribution in [0.15, 0.2) is 60.7 Å². The van der Waals surface area contributed by atoms with Gasteiger partial charge in [0.15, 0.2) is 0 Å². The monoisotopic (exact) mass is 374 g/mol. The van der Waals surface area contributed by atoms with Crippen LogP contribution >= 0.6 is 12.6 Å². The Morgan fingerprint density at radius 2 is 1.23 bits per heavy atom.